The molecule has 1 aromatic heterocycles. The zero-order valence-corrected chi connectivity index (χ0v) is 19.0. The van der Waals surface area contributed by atoms with E-state index < -0.39 is 32.5 Å². The molecular weight excluding hydrogens is 480 g/mol. The van der Waals surface area contributed by atoms with Crippen molar-refractivity contribution in [2.75, 3.05) is 18.4 Å². The maximum atomic E-state index is 14.0. The van der Waals surface area contributed by atoms with Gasteiger partial charge in [0.1, 0.15) is 16.5 Å². The summed E-state index contributed by atoms with van der Waals surface area (Å²) in [6.45, 7) is 0.0538. The van der Waals surface area contributed by atoms with Crippen molar-refractivity contribution >= 4 is 44.0 Å². The van der Waals surface area contributed by atoms with Crippen LogP contribution in [-0.2, 0) is 14.8 Å². The molecule has 11 heteroatoms. The highest BCUT2D eigenvalue weighted by Crippen LogP contribution is 2.31. The molecule has 1 fully saturated rings. The van der Waals surface area contributed by atoms with Gasteiger partial charge in [-0.05, 0) is 37.1 Å². The van der Waals surface area contributed by atoms with Crippen LogP contribution >= 0.6 is 22.9 Å². The lowest BCUT2D eigenvalue weighted by atomic mass is 9.97. The Kier molecular flexibility index (Phi) is 6.57. The number of thiazole rings is 1. The number of carbonyl (C=O) groups excluding carboxylic acids is 1. The van der Waals surface area contributed by atoms with Crippen molar-refractivity contribution in [3.8, 4) is 11.3 Å². The summed E-state index contributed by atoms with van der Waals surface area (Å²) in [5.41, 5.74) is 1.41. The van der Waals surface area contributed by atoms with Gasteiger partial charge in [0.15, 0.2) is 5.13 Å². The van der Waals surface area contributed by atoms with Gasteiger partial charge in [0.25, 0.3) is 0 Å². The summed E-state index contributed by atoms with van der Waals surface area (Å²) in [4.78, 5) is 16.4. The minimum absolute atomic E-state index is 0.0269. The normalized spacial score (nSPS) is 15.6. The summed E-state index contributed by atoms with van der Waals surface area (Å²) in [6.07, 6.45) is 0.509. The first kappa shape index (κ1) is 22.8. The first-order valence-corrected chi connectivity index (χ1v) is 12.4. The Bertz CT molecular complexity index is 1260. The van der Waals surface area contributed by atoms with Crippen molar-refractivity contribution < 1.29 is 22.0 Å². The van der Waals surface area contributed by atoms with Crippen molar-refractivity contribution in [1.82, 2.24) is 9.29 Å². The third-order valence-corrected chi connectivity index (χ3v) is 8.22. The molecule has 0 bridgehead atoms. The minimum atomic E-state index is -4.19. The smallest absolute Gasteiger partial charge is 0.246 e. The molecule has 1 aliphatic rings. The Morgan fingerprint density at radius 3 is 2.59 bits per heavy atom. The van der Waals surface area contributed by atoms with Crippen LogP contribution in [0, 0.1) is 17.6 Å². The minimum Gasteiger partial charge on any atom is -0.302 e. The molecule has 1 amide bonds. The van der Waals surface area contributed by atoms with Gasteiger partial charge >= 0.3 is 0 Å². The Morgan fingerprint density at radius 1 is 1.16 bits per heavy atom. The monoisotopic (exact) mass is 497 g/mol. The van der Waals surface area contributed by atoms with Crippen molar-refractivity contribution in [1.29, 1.82) is 0 Å². The molecule has 2 heterocycles. The number of nitrogens with one attached hydrogen (secondary N) is 1. The SMILES string of the molecule is O=C(Nc1nc(-c2ccccc2Cl)cs1)C1CCN(S(=O)(=O)c2cc(F)ccc2F)CC1. The van der Waals surface area contributed by atoms with E-state index in [1.807, 2.05) is 18.2 Å². The second-order valence-corrected chi connectivity index (χ2v) is 10.4. The van der Waals surface area contributed by atoms with E-state index in [0.29, 0.717) is 21.9 Å². The van der Waals surface area contributed by atoms with Gasteiger partial charge in [0, 0.05) is 35.0 Å². The molecule has 4 rings (SSSR count). The van der Waals surface area contributed by atoms with E-state index in [4.69, 9.17) is 11.6 Å². The van der Waals surface area contributed by atoms with Crippen LogP contribution in [-0.4, -0.2) is 36.7 Å². The maximum Gasteiger partial charge on any atom is 0.246 e. The van der Waals surface area contributed by atoms with Gasteiger partial charge in [-0.3, -0.25) is 4.79 Å². The highest BCUT2D eigenvalue weighted by molar-refractivity contribution is 7.89. The van der Waals surface area contributed by atoms with Gasteiger partial charge in [-0.2, -0.15) is 4.31 Å². The fraction of sp³-hybridized carbons (Fsp3) is 0.238. The number of hydrogen-bond acceptors (Lipinski definition) is 5. The molecule has 0 spiro atoms. The van der Waals surface area contributed by atoms with Gasteiger partial charge in [-0.1, -0.05) is 29.8 Å². The summed E-state index contributed by atoms with van der Waals surface area (Å²) in [6, 6.07) is 9.57. The lowest BCUT2D eigenvalue weighted by Gasteiger charge is -2.30. The van der Waals surface area contributed by atoms with E-state index in [-0.39, 0.29) is 31.8 Å². The third kappa shape index (κ3) is 4.68. The van der Waals surface area contributed by atoms with E-state index >= 15 is 0 Å². The van der Waals surface area contributed by atoms with Crippen LogP contribution in [0.4, 0.5) is 13.9 Å². The molecule has 1 N–H and O–H groups in total. The highest BCUT2D eigenvalue weighted by atomic mass is 35.5. The van der Waals surface area contributed by atoms with Gasteiger partial charge in [-0.15, -0.1) is 11.3 Å². The first-order chi connectivity index (χ1) is 15.3. The average Bonchev–Trinajstić information content (AvgIpc) is 3.24. The zero-order valence-electron chi connectivity index (χ0n) is 16.6. The van der Waals surface area contributed by atoms with Crippen molar-refractivity contribution in [2.24, 2.45) is 5.92 Å². The number of sulfonamides is 1. The molecule has 1 aliphatic heterocycles. The predicted molar refractivity (Wildman–Crippen MR) is 119 cm³/mol. The van der Waals surface area contributed by atoms with Crippen LogP contribution in [0.5, 0.6) is 0 Å². The van der Waals surface area contributed by atoms with E-state index in [9.17, 15) is 22.0 Å². The topological polar surface area (TPSA) is 79.4 Å². The number of benzene rings is 2. The molecule has 6 nitrogen and oxygen atoms in total. The Labute approximate surface area is 192 Å². The molecule has 0 saturated carbocycles. The van der Waals surface area contributed by atoms with Gasteiger partial charge in [0.05, 0.1) is 5.69 Å². The van der Waals surface area contributed by atoms with Gasteiger partial charge in [0.2, 0.25) is 15.9 Å². The number of carbonyl (C=O) groups is 1. The van der Waals surface area contributed by atoms with Crippen LogP contribution in [0.25, 0.3) is 11.3 Å². The van der Waals surface area contributed by atoms with Crippen molar-refractivity contribution in [3.05, 3.63) is 64.5 Å². The quantitative estimate of drug-likeness (QED) is 0.550. The number of rotatable bonds is 5. The largest absolute Gasteiger partial charge is 0.302 e. The summed E-state index contributed by atoms with van der Waals surface area (Å²) in [5, 5.41) is 5.54. The van der Waals surface area contributed by atoms with E-state index in [0.717, 1.165) is 22.0 Å². The Hall–Kier alpha value is -2.40. The molecule has 2 aromatic carbocycles. The highest BCUT2D eigenvalue weighted by Gasteiger charge is 2.34. The molecular formula is C21H18ClF2N3O3S2. The lowest BCUT2D eigenvalue weighted by molar-refractivity contribution is -0.120. The van der Waals surface area contributed by atoms with Crippen LogP contribution in [0.3, 0.4) is 0 Å². The average molecular weight is 498 g/mol. The number of halogens is 3. The van der Waals surface area contributed by atoms with Gasteiger partial charge in [-0.25, -0.2) is 22.2 Å². The first-order valence-electron chi connectivity index (χ1n) is 9.72. The molecule has 168 valence electrons. The van der Waals surface area contributed by atoms with Gasteiger partial charge < -0.3 is 5.32 Å². The Balaban J connectivity index is 1.39. The maximum absolute atomic E-state index is 14.0. The van der Waals surface area contributed by atoms with Crippen LogP contribution < -0.4 is 5.32 Å². The van der Waals surface area contributed by atoms with E-state index in [2.05, 4.69) is 10.3 Å². The lowest BCUT2D eigenvalue weighted by Crippen LogP contribution is -2.41. The van der Waals surface area contributed by atoms with Crippen LogP contribution in [0.2, 0.25) is 5.02 Å². The molecule has 1 saturated heterocycles. The Morgan fingerprint density at radius 2 is 1.88 bits per heavy atom. The molecule has 3 aromatic rings. The number of amides is 1. The molecule has 0 aliphatic carbocycles. The van der Waals surface area contributed by atoms with Crippen molar-refractivity contribution in [3.63, 3.8) is 0 Å². The fourth-order valence-electron chi connectivity index (χ4n) is 3.50. The zero-order chi connectivity index (χ0) is 22.9. The second kappa shape index (κ2) is 9.22. The predicted octanol–water partition coefficient (Wildman–Crippen LogP) is 4.78. The summed E-state index contributed by atoms with van der Waals surface area (Å²) in [7, 11) is -4.19. The van der Waals surface area contributed by atoms with Crippen LogP contribution in [0.1, 0.15) is 12.8 Å². The van der Waals surface area contributed by atoms with E-state index in [1.165, 1.54) is 11.3 Å². The summed E-state index contributed by atoms with van der Waals surface area (Å²) < 4.78 is 53.9. The number of aromatic nitrogens is 1. The molecule has 32 heavy (non-hydrogen) atoms. The molecule has 0 atom stereocenters. The summed E-state index contributed by atoms with van der Waals surface area (Å²) >= 11 is 7.45. The number of anilines is 1. The number of nitrogens with zero attached hydrogens (tertiary/aromatic N) is 2. The van der Waals surface area contributed by atoms with Crippen molar-refractivity contribution in [2.45, 2.75) is 17.7 Å². The van der Waals surface area contributed by atoms with Crippen LogP contribution in [0.15, 0.2) is 52.7 Å². The molecule has 0 unspecified atom stereocenters. The van der Waals surface area contributed by atoms with E-state index in [1.54, 1.807) is 11.4 Å². The fourth-order valence-corrected chi connectivity index (χ4v) is 6.00. The third-order valence-electron chi connectivity index (χ3n) is 5.22. The standard InChI is InChI=1S/C21H18ClF2N3O3S2/c22-16-4-2-1-3-15(16)18-12-31-21(25-18)26-20(28)13-7-9-27(10-8-13)32(29,30)19-11-14(23)5-6-17(19)24/h1-6,11-13H,7-10H2,(H,25,26,28). The second-order valence-electron chi connectivity index (χ2n) is 7.26. The summed E-state index contributed by atoms with van der Waals surface area (Å²) in [5.74, 6) is -2.53. The number of piperidine rings is 1. The number of hydrogen-bond donors (Lipinski definition) is 1. The molecule has 0 radical (unpaired) electrons.